The van der Waals surface area contributed by atoms with Gasteiger partial charge in [-0.05, 0) is 19.5 Å². The van der Waals surface area contributed by atoms with E-state index in [1.165, 1.54) is 12.1 Å². The SMILES string of the molecule is CCNCCCOc1cc(F)cc(F)c1. The Bertz CT molecular complexity index is 284. The first-order chi connectivity index (χ1) is 7.22. The summed E-state index contributed by atoms with van der Waals surface area (Å²) in [5, 5.41) is 3.13. The fourth-order valence-corrected chi connectivity index (χ4v) is 1.18. The van der Waals surface area contributed by atoms with Crippen molar-refractivity contribution in [3.63, 3.8) is 0 Å². The van der Waals surface area contributed by atoms with Crippen LogP contribution < -0.4 is 10.1 Å². The fourth-order valence-electron chi connectivity index (χ4n) is 1.18. The van der Waals surface area contributed by atoms with Crippen LogP contribution in [0.15, 0.2) is 18.2 Å². The van der Waals surface area contributed by atoms with Gasteiger partial charge in [0.05, 0.1) is 6.61 Å². The molecule has 2 nitrogen and oxygen atoms in total. The van der Waals surface area contributed by atoms with Crippen LogP contribution in [-0.2, 0) is 0 Å². The van der Waals surface area contributed by atoms with Gasteiger partial charge in [0.25, 0.3) is 0 Å². The molecule has 0 fully saturated rings. The minimum absolute atomic E-state index is 0.240. The summed E-state index contributed by atoms with van der Waals surface area (Å²) >= 11 is 0. The van der Waals surface area contributed by atoms with Crippen molar-refractivity contribution in [2.24, 2.45) is 0 Å². The molecule has 0 saturated heterocycles. The number of halogens is 2. The molecule has 0 aliphatic rings. The van der Waals surface area contributed by atoms with Gasteiger partial charge in [0.15, 0.2) is 0 Å². The number of hydrogen-bond donors (Lipinski definition) is 1. The molecule has 0 aromatic heterocycles. The third-order valence-corrected chi connectivity index (χ3v) is 1.85. The highest BCUT2D eigenvalue weighted by Crippen LogP contribution is 2.15. The second-order valence-corrected chi connectivity index (χ2v) is 3.16. The first-order valence-electron chi connectivity index (χ1n) is 5.02. The van der Waals surface area contributed by atoms with Crippen molar-refractivity contribution >= 4 is 0 Å². The largest absolute Gasteiger partial charge is 0.493 e. The van der Waals surface area contributed by atoms with Gasteiger partial charge in [-0.25, -0.2) is 8.78 Å². The molecule has 1 N–H and O–H groups in total. The lowest BCUT2D eigenvalue weighted by Gasteiger charge is -2.06. The normalized spacial score (nSPS) is 10.3. The maximum atomic E-state index is 12.7. The molecule has 0 aliphatic carbocycles. The topological polar surface area (TPSA) is 21.3 Å². The van der Waals surface area contributed by atoms with Gasteiger partial charge in [-0.15, -0.1) is 0 Å². The Hall–Kier alpha value is -1.16. The second-order valence-electron chi connectivity index (χ2n) is 3.16. The molecule has 4 heteroatoms. The van der Waals surface area contributed by atoms with E-state index in [1.807, 2.05) is 6.92 Å². The highest BCUT2D eigenvalue weighted by molar-refractivity contribution is 5.23. The van der Waals surface area contributed by atoms with Crippen LogP contribution in [0.25, 0.3) is 0 Å². The zero-order valence-electron chi connectivity index (χ0n) is 8.72. The summed E-state index contributed by atoms with van der Waals surface area (Å²) < 4.78 is 30.6. The van der Waals surface area contributed by atoms with Crippen LogP contribution in [0.1, 0.15) is 13.3 Å². The molecule has 0 atom stereocenters. The van der Waals surface area contributed by atoms with Crippen LogP contribution in [0.4, 0.5) is 8.78 Å². The van der Waals surface area contributed by atoms with Gasteiger partial charge in [-0.2, -0.15) is 0 Å². The average Bonchev–Trinajstić information content (AvgIpc) is 2.16. The van der Waals surface area contributed by atoms with E-state index in [0.29, 0.717) is 6.61 Å². The Morgan fingerprint density at radius 2 is 1.87 bits per heavy atom. The number of ether oxygens (including phenoxy) is 1. The van der Waals surface area contributed by atoms with Crippen molar-refractivity contribution < 1.29 is 13.5 Å². The second kappa shape index (κ2) is 6.35. The fraction of sp³-hybridized carbons (Fsp3) is 0.455. The van der Waals surface area contributed by atoms with Crippen LogP contribution in [0.5, 0.6) is 5.75 Å². The first kappa shape index (κ1) is 11.9. The Morgan fingerprint density at radius 1 is 1.20 bits per heavy atom. The van der Waals surface area contributed by atoms with Crippen LogP contribution in [-0.4, -0.2) is 19.7 Å². The van der Waals surface area contributed by atoms with E-state index in [-0.39, 0.29) is 5.75 Å². The smallest absolute Gasteiger partial charge is 0.129 e. The van der Waals surface area contributed by atoms with Crippen molar-refractivity contribution in [3.05, 3.63) is 29.8 Å². The van der Waals surface area contributed by atoms with E-state index in [2.05, 4.69) is 5.32 Å². The van der Waals surface area contributed by atoms with Gasteiger partial charge in [0.1, 0.15) is 17.4 Å². The molecule has 0 amide bonds. The van der Waals surface area contributed by atoms with E-state index in [1.54, 1.807) is 0 Å². The van der Waals surface area contributed by atoms with Crippen LogP contribution >= 0.6 is 0 Å². The molecular formula is C11H15F2NO. The Kier molecular flexibility index (Phi) is 5.04. The maximum absolute atomic E-state index is 12.7. The highest BCUT2D eigenvalue weighted by atomic mass is 19.1. The van der Waals surface area contributed by atoms with Gasteiger partial charge in [-0.1, -0.05) is 6.92 Å². The average molecular weight is 215 g/mol. The molecule has 1 aromatic carbocycles. The summed E-state index contributed by atoms with van der Waals surface area (Å²) in [6.45, 7) is 4.22. The first-order valence-corrected chi connectivity index (χ1v) is 5.02. The van der Waals surface area contributed by atoms with Gasteiger partial charge in [0, 0.05) is 18.2 Å². The van der Waals surface area contributed by atoms with Gasteiger partial charge >= 0.3 is 0 Å². The molecule has 0 spiro atoms. The molecule has 1 rings (SSSR count). The Labute approximate surface area is 88.3 Å². The third-order valence-electron chi connectivity index (χ3n) is 1.85. The number of benzene rings is 1. The molecular weight excluding hydrogens is 200 g/mol. The number of hydrogen-bond acceptors (Lipinski definition) is 2. The van der Waals surface area contributed by atoms with Crippen molar-refractivity contribution in [2.45, 2.75) is 13.3 Å². The minimum atomic E-state index is -0.614. The molecule has 0 radical (unpaired) electrons. The molecule has 15 heavy (non-hydrogen) atoms. The molecule has 0 unspecified atom stereocenters. The molecule has 84 valence electrons. The van der Waals surface area contributed by atoms with E-state index in [0.717, 1.165) is 25.6 Å². The van der Waals surface area contributed by atoms with Crippen molar-refractivity contribution in [1.82, 2.24) is 5.32 Å². The lowest BCUT2D eigenvalue weighted by atomic mass is 10.3. The van der Waals surface area contributed by atoms with Gasteiger partial charge in [-0.3, -0.25) is 0 Å². The number of rotatable bonds is 6. The van der Waals surface area contributed by atoms with Crippen molar-refractivity contribution in [3.8, 4) is 5.75 Å². The molecule has 0 heterocycles. The summed E-state index contributed by atoms with van der Waals surface area (Å²) in [5.41, 5.74) is 0. The molecule has 0 saturated carbocycles. The highest BCUT2D eigenvalue weighted by Gasteiger charge is 2.00. The molecule has 0 aliphatic heterocycles. The summed E-state index contributed by atoms with van der Waals surface area (Å²) in [7, 11) is 0. The Balaban J connectivity index is 2.31. The Morgan fingerprint density at radius 3 is 2.47 bits per heavy atom. The van der Waals surface area contributed by atoms with E-state index in [9.17, 15) is 8.78 Å². The molecule has 1 aromatic rings. The summed E-state index contributed by atoms with van der Waals surface area (Å²) in [6.07, 6.45) is 0.811. The molecule has 0 bridgehead atoms. The summed E-state index contributed by atoms with van der Waals surface area (Å²) in [5.74, 6) is -0.989. The maximum Gasteiger partial charge on any atom is 0.129 e. The van der Waals surface area contributed by atoms with Crippen LogP contribution in [0.3, 0.4) is 0 Å². The zero-order valence-corrected chi connectivity index (χ0v) is 8.72. The van der Waals surface area contributed by atoms with E-state index < -0.39 is 11.6 Å². The van der Waals surface area contributed by atoms with Crippen molar-refractivity contribution in [1.29, 1.82) is 0 Å². The third kappa shape index (κ3) is 4.74. The summed E-state index contributed by atoms with van der Waals surface area (Å²) in [4.78, 5) is 0. The predicted octanol–water partition coefficient (Wildman–Crippen LogP) is 2.34. The quantitative estimate of drug-likeness (QED) is 0.735. The van der Waals surface area contributed by atoms with Crippen LogP contribution in [0.2, 0.25) is 0 Å². The van der Waals surface area contributed by atoms with Gasteiger partial charge < -0.3 is 10.1 Å². The van der Waals surface area contributed by atoms with Gasteiger partial charge in [0.2, 0.25) is 0 Å². The number of nitrogens with one attached hydrogen (secondary N) is 1. The van der Waals surface area contributed by atoms with Crippen LogP contribution in [0, 0.1) is 11.6 Å². The van der Waals surface area contributed by atoms with E-state index in [4.69, 9.17) is 4.74 Å². The standard InChI is InChI=1S/C11H15F2NO/c1-2-14-4-3-5-15-11-7-9(12)6-10(13)8-11/h6-8,14H,2-5H2,1H3. The lowest BCUT2D eigenvalue weighted by Crippen LogP contribution is -2.16. The zero-order chi connectivity index (χ0) is 11.1. The minimum Gasteiger partial charge on any atom is -0.493 e. The monoisotopic (exact) mass is 215 g/mol. The van der Waals surface area contributed by atoms with E-state index >= 15 is 0 Å². The summed E-state index contributed by atoms with van der Waals surface area (Å²) in [6, 6.07) is 3.18. The lowest BCUT2D eigenvalue weighted by molar-refractivity contribution is 0.305. The van der Waals surface area contributed by atoms with Crippen molar-refractivity contribution in [2.75, 3.05) is 19.7 Å². The predicted molar refractivity (Wildman–Crippen MR) is 55.0 cm³/mol.